The summed E-state index contributed by atoms with van der Waals surface area (Å²) in [5, 5.41) is 3.47. The highest BCUT2D eigenvalue weighted by Crippen LogP contribution is 2.22. The van der Waals surface area contributed by atoms with Crippen molar-refractivity contribution in [3.8, 4) is 0 Å². The van der Waals surface area contributed by atoms with Crippen LogP contribution in [0.2, 0.25) is 0 Å². The largest absolute Gasteiger partial charge is 0.469 e. The number of fused-ring (bicyclic) bond motifs is 1. The highest BCUT2D eigenvalue weighted by atomic mass is 16.3. The number of aryl methyl sites for hydroxylation is 2. The molecule has 1 aromatic heterocycles. The van der Waals surface area contributed by atoms with Crippen molar-refractivity contribution < 1.29 is 4.42 Å². The van der Waals surface area contributed by atoms with E-state index in [1.807, 2.05) is 12.1 Å². The zero-order valence-corrected chi connectivity index (χ0v) is 10.6. The molecule has 0 atom stereocenters. The molecular formula is C16H19NO. The first-order valence-electron chi connectivity index (χ1n) is 6.75. The van der Waals surface area contributed by atoms with E-state index in [2.05, 4.69) is 23.5 Å². The third-order valence-electron chi connectivity index (χ3n) is 3.62. The van der Waals surface area contributed by atoms with Crippen LogP contribution in [0.15, 0.2) is 41.0 Å². The average Bonchev–Trinajstić information content (AvgIpc) is 3.05. The van der Waals surface area contributed by atoms with Gasteiger partial charge in [0, 0.05) is 19.5 Å². The summed E-state index contributed by atoms with van der Waals surface area (Å²) in [6.07, 6.45) is 6.54. The Bertz CT molecular complexity index is 502. The quantitative estimate of drug-likeness (QED) is 0.814. The monoisotopic (exact) mass is 241 g/mol. The average molecular weight is 241 g/mol. The lowest BCUT2D eigenvalue weighted by Crippen LogP contribution is -2.16. The highest BCUT2D eigenvalue weighted by molar-refractivity contribution is 5.35. The summed E-state index contributed by atoms with van der Waals surface area (Å²) in [7, 11) is 0. The molecule has 1 aromatic carbocycles. The summed E-state index contributed by atoms with van der Waals surface area (Å²) >= 11 is 0. The zero-order chi connectivity index (χ0) is 12.2. The first-order chi connectivity index (χ1) is 8.92. The topological polar surface area (TPSA) is 25.2 Å². The van der Waals surface area contributed by atoms with Crippen molar-refractivity contribution in [1.29, 1.82) is 0 Å². The van der Waals surface area contributed by atoms with Crippen LogP contribution in [0.3, 0.4) is 0 Å². The molecule has 0 spiro atoms. The van der Waals surface area contributed by atoms with E-state index in [1.165, 1.54) is 24.8 Å². The lowest BCUT2D eigenvalue weighted by atomic mass is 10.1. The molecule has 0 radical (unpaired) electrons. The Kier molecular flexibility index (Phi) is 3.47. The Morgan fingerprint density at radius 2 is 2.06 bits per heavy atom. The summed E-state index contributed by atoms with van der Waals surface area (Å²) in [4.78, 5) is 0. The number of benzene rings is 1. The maximum absolute atomic E-state index is 5.31. The second kappa shape index (κ2) is 5.40. The van der Waals surface area contributed by atoms with E-state index in [-0.39, 0.29) is 0 Å². The van der Waals surface area contributed by atoms with E-state index in [4.69, 9.17) is 4.42 Å². The van der Waals surface area contributed by atoms with Gasteiger partial charge in [0.05, 0.1) is 6.26 Å². The molecule has 0 amide bonds. The SMILES string of the molecule is c1coc(CCNCc2ccc3c(c2)CCC3)c1. The number of rotatable bonds is 5. The van der Waals surface area contributed by atoms with Crippen LogP contribution in [-0.2, 0) is 25.8 Å². The molecule has 1 N–H and O–H groups in total. The van der Waals surface area contributed by atoms with Crippen molar-refractivity contribution in [2.45, 2.75) is 32.2 Å². The van der Waals surface area contributed by atoms with Crippen LogP contribution in [0, 0.1) is 0 Å². The minimum absolute atomic E-state index is 0.952. The highest BCUT2D eigenvalue weighted by Gasteiger charge is 2.10. The third-order valence-corrected chi connectivity index (χ3v) is 3.62. The van der Waals surface area contributed by atoms with Gasteiger partial charge in [-0.05, 0) is 48.1 Å². The van der Waals surface area contributed by atoms with E-state index >= 15 is 0 Å². The van der Waals surface area contributed by atoms with Gasteiger partial charge in [0.15, 0.2) is 0 Å². The molecule has 1 aliphatic carbocycles. The van der Waals surface area contributed by atoms with E-state index in [9.17, 15) is 0 Å². The number of furan rings is 1. The molecule has 0 bridgehead atoms. The lowest BCUT2D eigenvalue weighted by Gasteiger charge is -2.06. The van der Waals surface area contributed by atoms with Gasteiger partial charge in [-0.2, -0.15) is 0 Å². The summed E-state index contributed by atoms with van der Waals surface area (Å²) in [6.45, 7) is 1.92. The minimum atomic E-state index is 0.952. The van der Waals surface area contributed by atoms with Gasteiger partial charge in [-0.25, -0.2) is 0 Å². The predicted molar refractivity (Wildman–Crippen MR) is 72.6 cm³/mol. The van der Waals surface area contributed by atoms with Gasteiger partial charge >= 0.3 is 0 Å². The predicted octanol–water partition coefficient (Wildman–Crippen LogP) is 3.10. The summed E-state index contributed by atoms with van der Waals surface area (Å²) < 4.78 is 5.31. The van der Waals surface area contributed by atoms with Gasteiger partial charge < -0.3 is 9.73 Å². The van der Waals surface area contributed by atoms with Crippen molar-refractivity contribution in [3.05, 3.63) is 59.0 Å². The maximum atomic E-state index is 5.31. The smallest absolute Gasteiger partial charge is 0.105 e. The fourth-order valence-electron chi connectivity index (χ4n) is 2.63. The molecule has 0 fully saturated rings. The zero-order valence-electron chi connectivity index (χ0n) is 10.6. The van der Waals surface area contributed by atoms with E-state index in [0.717, 1.165) is 25.3 Å². The molecule has 18 heavy (non-hydrogen) atoms. The van der Waals surface area contributed by atoms with Gasteiger partial charge in [-0.1, -0.05) is 18.2 Å². The third kappa shape index (κ3) is 2.65. The van der Waals surface area contributed by atoms with Gasteiger partial charge in [0.2, 0.25) is 0 Å². The van der Waals surface area contributed by atoms with Crippen LogP contribution in [0.1, 0.15) is 28.9 Å². The summed E-state index contributed by atoms with van der Waals surface area (Å²) in [5.74, 6) is 1.05. The molecule has 3 rings (SSSR count). The molecule has 0 saturated carbocycles. The lowest BCUT2D eigenvalue weighted by molar-refractivity contribution is 0.499. The molecule has 2 heteroatoms. The number of nitrogens with one attached hydrogen (secondary N) is 1. The minimum Gasteiger partial charge on any atom is -0.469 e. The Hall–Kier alpha value is -1.54. The van der Waals surface area contributed by atoms with E-state index in [1.54, 1.807) is 17.4 Å². The van der Waals surface area contributed by atoms with Gasteiger partial charge in [0.25, 0.3) is 0 Å². The standard InChI is InChI=1S/C16H19NO/c1-3-14-7-6-13(11-15(14)4-1)12-17-9-8-16-5-2-10-18-16/h2,5-7,10-11,17H,1,3-4,8-9,12H2. The Morgan fingerprint density at radius 3 is 2.94 bits per heavy atom. The normalized spacial score (nSPS) is 13.8. The Balaban J connectivity index is 1.48. The van der Waals surface area contributed by atoms with Crippen LogP contribution < -0.4 is 5.32 Å². The van der Waals surface area contributed by atoms with Crippen molar-refractivity contribution in [1.82, 2.24) is 5.32 Å². The number of hydrogen-bond acceptors (Lipinski definition) is 2. The van der Waals surface area contributed by atoms with Gasteiger partial charge in [0.1, 0.15) is 5.76 Å². The van der Waals surface area contributed by atoms with Crippen molar-refractivity contribution in [3.63, 3.8) is 0 Å². The first kappa shape index (κ1) is 11.5. The van der Waals surface area contributed by atoms with E-state index in [0.29, 0.717) is 0 Å². The van der Waals surface area contributed by atoms with Gasteiger partial charge in [-0.15, -0.1) is 0 Å². The molecule has 2 aromatic rings. The van der Waals surface area contributed by atoms with Crippen LogP contribution >= 0.6 is 0 Å². The van der Waals surface area contributed by atoms with Crippen LogP contribution in [0.25, 0.3) is 0 Å². The molecule has 0 saturated heterocycles. The van der Waals surface area contributed by atoms with Crippen molar-refractivity contribution in [2.24, 2.45) is 0 Å². The van der Waals surface area contributed by atoms with Crippen molar-refractivity contribution >= 4 is 0 Å². The molecule has 1 heterocycles. The fourth-order valence-corrected chi connectivity index (χ4v) is 2.63. The second-order valence-corrected chi connectivity index (χ2v) is 4.96. The molecule has 94 valence electrons. The molecule has 2 nitrogen and oxygen atoms in total. The molecule has 0 unspecified atom stereocenters. The maximum Gasteiger partial charge on any atom is 0.105 e. The molecule has 1 aliphatic rings. The fraction of sp³-hybridized carbons (Fsp3) is 0.375. The van der Waals surface area contributed by atoms with Crippen LogP contribution in [0.5, 0.6) is 0 Å². The van der Waals surface area contributed by atoms with Crippen LogP contribution in [0.4, 0.5) is 0 Å². The Labute approximate surface area is 108 Å². The van der Waals surface area contributed by atoms with Crippen LogP contribution in [-0.4, -0.2) is 6.54 Å². The summed E-state index contributed by atoms with van der Waals surface area (Å²) in [6, 6.07) is 10.9. The van der Waals surface area contributed by atoms with Gasteiger partial charge in [-0.3, -0.25) is 0 Å². The summed E-state index contributed by atoms with van der Waals surface area (Å²) in [5.41, 5.74) is 4.50. The molecular weight excluding hydrogens is 222 g/mol. The number of hydrogen-bond donors (Lipinski definition) is 1. The molecule has 0 aliphatic heterocycles. The van der Waals surface area contributed by atoms with E-state index < -0.39 is 0 Å². The Morgan fingerprint density at radius 1 is 1.11 bits per heavy atom. The van der Waals surface area contributed by atoms with Crippen molar-refractivity contribution in [2.75, 3.05) is 6.54 Å². The first-order valence-corrected chi connectivity index (χ1v) is 6.75. The second-order valence-electron chi connectivity index (χ2n) is 4.96.